The molecule has 1 unspecified atom stereocenters. The Kier molecular flexibility index (Phi) is 4.10. The summed E-state index contributed by atoms with van der Waals surface area (Å²) in [5, 5.41) is 4.09. The van der Waals surface area contributed by atoms with Gasteiger partial charge in [-0.1, -0.05) is 13.8 Å². The number of aryl methyl sites for hydroxylation is 1. The number of nitrogens with two attached hydrogens (primary N) is 1. The number of hydrogen-bond donors (Lipinski definition) is 1. The van der Waals surface area contributed by atoms with E-state index in [1.54, 1.807) is 10.9 Å². The molecule has 0 aromatic carbocycles. The minimum absolute atomic E-state index is 0.0221. The molecule has 0 aliphatic heterocycles. The Morgan fingerprint density at radius 3 is 2.71 bits per heavy atom. The lowest BCUT2D eigenvalue weighted by atomic mass is 10.2. The maximum atomic E-state index is 5.67. The largest absolute Gasteiger partial charge is 0.372 e. The van der Waals surface area contributed by atoms with Crippen LogP contribution in [0.4, 0.5) is 0 Å². The number of ether oxygens (including phenoxy) is 1. The molecule has 0 aliphatic carbocycles. The quantitative estimate of drug-likeness (QED) is 0.768. The van der Waals surface area contributed by atoms with Crippen molar-refractivity contribution >= 4 is 0 Å². The Hall–Kier alpha value is -0.870. The van der Waals surface area contributed by atoms with Gasteiger partial charge in [0.05, 0.1) is 12.3 Å². The van der Waals surface area contributed by atoms with Gasteiger partial charge in [-0.15, -0.1) is 0 Å². The van der Waals surface area contributed by atoms with Crippen LogP contribution in [0.25, 0.3) is 0 Å². The van der Waals surface area contributed by atoms with E-state index in [0.717, 1.165) is 12.2 Å². The second-order valence-electron chi connectivity index (χ2n) is 3.90. The number of nitrogens with zero attached hydrogens (tertiary/aromatic N) is 2. The second-order valence-corrected chi connectivity index (χ2v) is 3.90. The SMILES string of the molecule is CC(C)COC(CN)c1cnn(C)c1. The van der Waals surface area contributed by atoms with Crippen molar-refractivity contribution in [3.05, 3.63) is 18.0 Å². The van der Waals surface area contributed by atoms with Crippen LogP contribution in [0.5, 0.6) is 0 Å². The Bertz CT molecular complexity index is 270. The van der Waals surface area contributed by atoms with E-state index >= 15 is 0 Å². The number of aromatic nitrogens is 2. The summed E-state index contributed by atoms with van der Waals surface area (Å²) in [5.74, 6) is 0.528. The molecule has 1 aromatic heterocycles. The summed E-state index contributed by atoms with van der Waals surface area (Å²) in [6, 6.07) is 0. The van der Waals surface area contributed by atoms with Gasteiger partial charge < -0.3 is 10.5 Å². The number of hydrogen-bond acceptors (Lipinski definition) is 3. The zero-order chi connectivity index (χ0) is 10.6. The van der Waals surface area contributed by atoms with Crippen molar-refractivity contribution in [1.82, 2.24) is 9.78 Å². The van der Waals surface area contributed by atoms with Crippen LogP contribution in [-0.4, -0.2) is 22.9 Å². The lowest BCUT2D eigenvalue weighted by molar-refractivity contribution is 0.0405. The van der Waals surface area contributed by atoms with Gasteiger partial charge in [-0.3, -0.25) is 4.68 Å². The fourth-order valence-corrected chi connectivity index (χ4v) is 1.22. The van der Waals surface area contributed by atoms with Gasteiger partial charge in [-0.05, 0) is 5.92 Å². The van der Waals surface area contributed by atoms with Gasteiger partial charge in [-0.25, -0.2) is 0 Å². The maximum absolute atomic E-state index is 5.67. The van der Waals surface area contributed by atoms with Crippen LogP contribution in [0.3, 0.4) is 0 Å². The van der Waals surface area contributed by atoms with Crippen molar-refractivity contribution in [3.8, 4) is 0 Å². The minimum Gasteiger partial charge on any atom is -0.372 e. The highest BCUT2D eigenvalue weighted by Crippen LogP contribution is 2.15. The van der Waals surface area contributed by atoms with Gasteiger partial charge in [0.25, 0.3) is 0 Å². The van der Waals surface area contributed by atoms with Gasteiger partial charge in [0.1, 0.15) is 0 Å². The van der Waals surface area contributed by atoms with Crippen molar-refractivity contribution in [2.45, 2.75) is 20.0 Å². The van der Waals surface area contributed by atoms with Crippen LogP contribution < -0.4 is 5.73 Å². The molecule has 2 N–H and O–H groups in total. The highest BCUT2D eigenvalue weighted by atomic mass is 16.5. The molecule has 1 heterocycles. The average molecular weight is 197 g/mol. The molecule has 0 amide bonds. The highest BCUT2D eigenvalue weighted by molar-refractivity contribution is 5.08. The normalized spacial score (nSPS) is 13.5. The molecule has 4 heteroatoms. The Balaban J connectivity index is 2.54. The second kappa shape index (κ2) is 5.12. The summed E-state index contributed by atoms with van der Waals surface area (Å²) in [5.41, 5.74) is 6.69. The van der Waals surface area contributed by atoms with Crippen molar-refractivity contribution in [2.24, 2.45) is 18.7 Å². The zero-order valence-corrected chi connectivity index (χ0v) is 9.10. The smallest absolute Gasteiger partial charge is 0.0977 e. The molecule has 1 aromatic rings. The fraction of sp³-hybridized carbons (Fsp3) is 0.700. The van der Waals surface area contributed by atoms with E-state index in [1.165, 1.54) is 0 Å². The van der Waals surface area contributed by atoms with E-state index in [4.69, 9.17) is 10.5 Å². The van der Waals surface area contributed by atoms with Gasteiger partial charge in [0.2, 0.25) is 0 Å². The monoisotopic (exact) mass is 197 g/mol. The molecule has 0 fully saturated rings. The first kappa shape index (κ1) is 11.2. The highest BCUT2D eigenvalue weighted by Gasteiger charge is 2.12. The van der Waals surface area contributed by atoms with Crippen LogP contribution >= 0.6 is 0 Å². The van der Waals surface area contributed by atoms with E-state index in [1.807, 2.05) is 13.2 Å². The molecule has 1 rings (SSSR count). The lowest BCUT2D eigenvalue weighted by Crippen LogP contribution is -2.17. The predicted molar refractivity (Wildman–Crippen MR) is 55.8 cm³/mol. The van der Waals surface area contributed by atoms with E-state index < -0.39 is 0 Å². The van der Waals surface area contributed by atoms with Gasteiger partial charge in [0, 0.05) is 32.0 Å². The van der Waals surface area contributed by atoms with E-state index in [-0.39, 0.29) is 6.10 Å². The minimum atomic E-state index is -0.0221. The summed E-state index contributed by atoms with van der Waals surface area (Å²) in [6.45, 7) is 5.48. The molecule has 0 aliphatic rings. The van der Waals surface area contributed by atoms with Crippen LogP contribution in [0.15, 0.2) is 12.4 Å². The first-order valence-corrected chi connectivity index (χ1v) is 4.93. The topological polar surface area (TPSA) is 53.1 Å². The number of rotatable bonds is 5. The molecule has 14 heavy (non-hydrogen) atoms. The summed E-state index contributed by atoms with van der Waals surface area (Å²) < 4.78 is 7.43. The van der Waals surface area contributed by atoms with Crippen LogP contribution in [0.2, 0.25) is 0 Å². The van der Waals surface area contributed by atoms with Crippen LogP contribution in [0.1, 0.15) is 25.5 Å². The Morgan fingerprint density at radius 1 is 1.57 bits per heavy atom. The summed E-state index contributed by atoms with van der Waals surface area (Å²) in [4.78, 5) is 0. The van der Waals surface area contributed by atoms with Gasteiger partial charge >= 0.3 is 0 Å². The average Bonchev–Trinajstić information content (AvgIpc) is 2.53. The molecule has 80 valence electrons. The van der Waals surface area contributed by atoms with Crippen molar-refractivity contribution in [2.75, 3.05) is 13.2 Å². The van der Waals surface area contributed by atoms with E-state index in [9.17, 15) is 0 Å². The molecule has 0 saturated heterocycles. The lowest BCUT2D eigenvalue weighted by Gasteiger charge is -2.15. The maximum Gasteiger partial charge on any atom is 0.0977 e. The third-order valence-corrected chi connectivity index (χ3v) is 1.94. The zero-order valence-electron chi connectivity index (χ0n) is 9.10. The standard InChI is InChI=1S/C10H19N3O/c1-8(2)7-14-10(4-11)9-5-12-13(3)6-9/h5-6,8,10H,4,7,11H2,1-3H3. The molecular weight excluding hydrogens is 178 g/mol. The van der Waals surface area contributed by atoms with Crippen LogP contribution in [0, 0.1) is 5.92 Å². The molecule has 4 nitrogen and oxygen atoms in total. The molecule has 0 bridgehead atoms. The third kappa shape index (κ3) is 3.12. The van der Waals surface area contributed by atoms with Crippen molar-refractivity contribution in [3.63, 3.8) is 0 Å². The van der Waals surface area contributed by atoms with Crippen LogP contribution in [-0.2, 0) is 11.8 Å². The molecular formula is C10H19N3O. The predicted octanol–water partition coefficient (Wildman–Crippen LogP) is 1.09. The van der Waals surface area contributed by atoms with E-state index in [0.29, 0.717) is 12.5 Å². The first-order valence-electron chi connectivity index (χ1n) is 4.93. The van der Waals surface area contributed by atoms with E-state index in [2.05, 4.69) is 18.9 Å². The molecule has 0 radical (unpaired) electrons. The Morgan fingerprint density at radius 2 is 2.29 bits per heavy atom. The summed E-state index contributed by atoms with van der Waals surface area (Å²) >= 11 is 0. The first-order chi connectivity index (χ1) is 6.63. The van der Waals surface area contributed by atoms with Crippen molar-refractivity contribution in [1.29, 1.82) is 0 Å². The van der Waals surface area contributed by atoms with Gasteiger partial charge in [-0.2, -0.15) is 5.10 Å². The van der Waals surface area contributed by atoms with Gasteiger partial charge in [0.15, 0.2) is 0 Å². The van der Waals surface area contributed by atoms with Crippen molar-refractivity contribution < 1.29 is 4.74 Å². The molecule has 0 spiro atoms. The Labute approximate surface area is 85.0 Å². The molecule has 1 atom stereocenters. The molecule has 0 saturated carbocycles. The fourth-order valence-electron chi connectivity index (χ4n) is 1.22. The summed E-state index contributed by atoms with van der Waals surface area (Å²) in [6.07, 6.45) is 3.72. The summed E-state index contributed by atoms with van der Waals surface area (Å²) in [7, 11) is 1.89. The third-order valence-electron chi connectivity index (χ3n) is 1.94.